The molecule has 0 spiro atoms. The molecule has 198 valence electrons. The van der Waals surface area contributed by atoms with E-state index in [1.807, 2.05) is 0 Å². The molecule has 0 aliphatic carbocycles. The molecule has 0 amide bonds. The molecule has 0 aliphatic heterocycles. The first-order chi connectivity index (χ1) is 18.4. The summed E-state index contributed by atoms with van der Waals surface area (Å²) in [6.07, 6.45) is 1.13. The molecule has 38 heavy (non-hydrogen) atoms. The van der Waals surface area contributed by atoms with E-state index in [2.05, 4.69) is 6.58 Å². The van der Waals surface area contributed by atoms with Crippen LogP contribution in [0, 0.1) is 6.92 Å². The maximum Gasteiger partial charge on any atom is 0.343 e. The second-order valence-electron chi connectivity index (χ2n) is 7.79. The van der Waals surface area contributed by atoms with E-state index in [4.69, 9.17) is 23.7 Å². The minimum Gasteiger partial charge on any atom is -0.497 e. The SMILES string of the molecule is C=CC(=O)OCCSCCOc1ccc(C(=O)Oc2ccc(OC(=O)c3ccc(OC)cc3)cc2C)cc1. The summed E-state index contributed by atoms with van der Waals surface area (Å²) in [6, 6.07) is 18.0. The van der Waals surface area contributed by atoms with Crippen molar-refractivity contribution in [1.82, 2.24) is 0 Å². The zero-order valence-electron chi connectivity index (χ0n) is 21.1. The first-order valence-corrected chi connectivity index (χ1v) is 12.8. The number of carbonyl (C=O) groups excluding carboxylic acids is 3. The Balaban J connectivity index is 1.45. The van der Waals surface area contributed by atoms with Gasteiger partial charge in [-0.15, -0.1) is 0 Å². The fourth-order valence-electron chi connectivity index (χ4n) is 3.12. The van der Waals surface area contributed by atoms with E-state index in [-0.39, 0.29) is 0 Å². The molecule has 0 saturated carbocycles. The summed E-state index contributed by atoms with van der Waals surface area (Å²) in [5, 5.41) is 0. The Labute approximate surface area is 225 Å². The Kier molecular flexibility index (Phi) is 10.8. The van der Waals surface area contributed by atoms with E-state index in [9.17, 15) is 14.4 Å². The van der Waals surface area contributed by atoms with E-state index < -0.39 is 17.9 Å². The van der Waals surface area contributed by atoms with Crippen LogP contribution >= 0.6 is 11.8 Å². The van der Waals surface area contributed by atoms with Gasteiger partial charge in [0.1, 0.15) is 29.6 Å². The van der Waals surface area contributed by atoms with Crippen LogP contribution in [0.4, 0.5) is 0 Å². The monoisotopic (exact) mass is 536 g/mol. The van der Waals surface area contributed by atoms with Gasteiger partial charge >= 0.3 is 17.9 Å². The van der Waals surface area contributed by atoms with Gasteiger partial charge in [0.2, 0.25) is 0 Å². The lowest BCUT2D eigenvalue weighted by Crippen LogP contribution is -2.11. The molecule has 0 aromatic heterocycles. The third-order valence-corrected chi connectivity index (χ3v) is 6.02. The van der Waals surface area contributed by atoms with Crippen molar-refractivity contribution in [2.75, 3.05) is 31.8 Å². The summed E-state index contributed by atoms with van der Waals surface area (Å²) in [5.74, 6) is 1.88. The highest BCUT2D eigenvalue weighted by Gasteiger charge is 2.13. The lowest BCUT2D eigenvalue weighted by atomic mass is 10.2. The number of methoxy groups -OCH3 is 1. The molecule has 9 heteroatoms. The predicted octanol–water partition coefficient (Wildman–Crippen LogP) is 5.28. The highest BCUT2D eigenvalue weighted by molar-refractivity contribution is 7.99. The maximum atomic E-state index is 12.6. The lowest BCUT2D eigenvalue weighted by Gasteiger charge is -2.11. The van der Waals surface area contributed by atoms with Gasteiger partial charge in [-0.2, -0.15) is 11.8 Å². The van der Waals surface area contributed by atoms with Gasteiger partial charge in [0.25, 0.3) is 0 Å². The van der Waals surface area contributed by atoms with Gasteiger partial charge in [-0.1, -0.05) is 6.58 Å². The second-order valence-corrected chi connectivity index (χ2v) is 9.02. The van der Waals surface area contributed by atoms with Crippen molar-refractivity contribution in [1.29, 1.82) is 0 Å². The lowest BCUT2D eigenvalue weighted by molar-refractivity contribution is -0.137. The van der Waals surface area contributed by atoms with Crippen molar-refractivity contribution in [2.24, 2.45) is 0 Å². The molecular formula is C29H28O8S. The van der Waals surface area contributed by atoms with Gasteiger partial charge in [0.05, 0.1) is 24.8 Å². The molecule has 0 aliphatic rings. The van der Waals surface area contributed by atoms with Crippen molar-refractivity contribution >= 4 is 29.7 Å². The Morgan fingerprint density at radius 3 is 1.97 bits per heavy atom. The van der Waals surface area contributed by atoms with Crippen LogP contribution < -0.4 is 18.9 Å². The molecular weight excluding hydrogens is 508 g/mol. The number of aryl methyl sites for hydroxylation is 1. The quantitative estimate of drug-likeness (QED) is 0.125. The number of hydrogen-bond donors (Lipinski definition) is 0. The van der Waals surface area contributed by atoms with Crippen molar-refractivity contribution in [3.8, 4) is 23.0 Å². The molecule has 3 aromatic rings. The van der Waals surface area contributed by atoms with Crippen LogP contribution in [0.25, 0.3) is 0 Å². The normalized spacial score (nSPS) is 10.3. The number of rotatable bonds is 13. The first-order valence-electron chi connectivity index (χ1n) is 11.7. The van der Waals surface area contributed by atoms with Crippen molar-refractivity contribution in [3.63, 3.8) is 0 Å². The summed E-state index contributed by atoms with van der Waals surface area (Å²) in [5.41, 5.74) is 1.39. The molecule has 3 rings (SSSR count). The van der Waals surface area contributed by atoms with Crippen LogP contribution in [0.3, 0.4) is 0 Å². The largest absolute Gasteiger partial charge is 0.497 e. The second kappa shape index (κ2) is 14.5. The summed E-state index contributed by atoms with van der Waals surface area (Å²) in [7, 11) is 1.55. The number of benzene rings is 3. The third-order valence-electron chi connectivity index (χ3n) is 5.11. The number of carbonyl (C=O) groups is 3. The van der Waals surface area contributed by atoms with E-state index in [0.717, 1.165) is 11.8 Å². The average Bonchev–Trinajstić information content (AvgIpc) is 2.94. The van der Waals surface area contributed by atoms with Crippen molar-refractivity contribution in [2.45, 2.75) is 6.92 Å². The van der Waals surface area contributed by atoms with Crippen LogP contribution in [0.5, 0.6) is 23.0 Å². The minimum absolute atomic E-state index is 0.323. The molecule has 0 unspecified atom stereocenters. The molecule has 0 saturated heterocycles. The van der Waals surface area contributed by atoms with Gasteiger partial charge in [0, 0.05) is 17.6 Å². The van der Waals surface area contributed by atoms with Crippen molar-refractivity contribution in [3.05, 3.63) is 96.1 Å². The van der Waals surface area contributed by atoms with Gasteiger partial charge < -0.3 is 23.7 Å². The van der Waals surface area contributed by atoms with Gasteiger partial charge in [-0.25, -0.2) is 14.4 Å². The van der Waals surface area contributed by atoms with Crippen LogP contribution in [0.15, 0.2) is 79.4 Å². The Morgan fingerprint density at radius 1 is 0.789 bits per heavy atom. The Bertz CT molecular complexity index is 1250. The van der Waals surface area contributed by atoms with Crippen LogP contribution in [-0.2, 0) is 9.53 Å². The molecule has 0 N–H and O–H groups in total. The van der Waals surface area contributed by atoms with E-state index in [0.29, 0.717) is 58.7 Å². The third kappa shape index (κ3) is 8.70. The summed E-state index contributed by atoms with van der Waals surface area (Å²) in [4.78, 5) is 35.9. The standard InChI is InChI=1S/C29H28O8S/c1-4-27(30)35-16-18-38-17-15-34-24-11-7-22(8-12-24)29(32)37-26-14-13-25(19-20(26)2)36-28(31)21-5-9-23(33-3)10-6-21/h4-14,19H,1,15-18H2,2-3H3. The van der Waals surface area contributed by atoms with Crippen molar-refractivity contribution < 1.29 is 38.1 Å². The van der Waals surface area contributed by atoms with Gasteiger partial charge in [-0.3, -0.25) is 0 Å². The smallest absolute Gasteiger partial charge is 0.343 e. The van der Waals surface area contributed by atoms with Gasteiger partial charge in [-0.05, 0) is 79.2 Å². The van der Waals surface area contributed by atoms with Crippen LogP contribution in [0.2, 0.25) is 0 Å². The van der Waals surface area contributed by atoms with Crippen LogP contribution in [0.1, 0.15) is 26.3 Å². The molecule has 0 heterocycles. The maximum absolute atomic E-state index is 12.6. The Hall–Kier alpha value is -4.24. The van der Waals surface area contributed by atoms with Gasteiger partial charge in [0.15, 0.2) is 0 Å². The summed E-state index contributed by atoms with van der Waals surface area (Å²) in [6.45, 7) is 5.89. The summed E-state index contributed by atoms with van der Waals surface area (Å²) >= 11 is 1.60. The predicted molar refractivity (Wildman–Crippen MR) is 145 cm³/mol. The molecule has 3 aromatic carbocycles. The Morgan fingerprint density at radius 2 is 1.37 bits per heavy atom. The highest BCUT2D eigenvalue weighted by Crippen LogP contribution is 2.25. The zero-order chi connectivity index (χ0) is 27.3. The fraction of sp³-hybridized carbons (Fsp3) is 0.207. The minimum atomic E-state index is -0.521. The average molecular weight is 537 g/mol. The fourth-order valence-corrected chi connectivity index (χ4v) is 3.73. The molecule has 0 bridgehead atoms. The van der Waals surface area contributed by atoms with Crippen LogP contribution in [-0.4, -0.2) is 49.7 Å². The molecule has 0 radical (unpaired) electrons. The topological polar surface area (TPSA) is 97.4 Å². The van der Waals surface area contributed by atoms with E-state index in [1.54, 1.807) is 92.5 Å². The van der Waals surface area contributed by atoms with E-state index in [1.165, 1.54) is 0 Å². The number of ether oxygens (including phenoxy) is 5. The summed E-state index contributed by atoms with van der Waals surface area (Å²) < 4.78 is 26.6. The number of esters is 3. The molecule has 0 fully saturated rings. The molecule has 0 atom stereocenters. The first kappa shape index (κ1) is 28.3. The number of thioether (sulfide) groups is 1. The number of hydrogen-bond acceptors (Lipinski definition) is 9. The molecule has 8 nitrogen and oxygen atoms in total. The highest BCUT2D eigenvalue weighted by atomic mass is 32.2. The zero-order valence-corrected chi connectivity index (χ0v) is 22.0. The van der Waals surface area contributed by atoms with E-state index >= 15 is 0 Å².